The highest BCUT2D eigenvalue weighted by Crippen LogP contribution is 2.46. The highest BCUT2D eigenvalue weighted by atomic mass is 16.3. The molecule has 0 fully saturated rings. The summed E-state index contributed by atoms with van der Waals surface area (Å²) in [5.41, 5.74) is 33.3. The lowest BCUT2D eigenvalue weighted by Gasteiger charge is -2.13. The molecule has 9 heterocycles. The van der Waals surface area contributed by atoms with Gasteiger partial charge in [-0.2, -0.15) is 0 Å². The number of hydrogen-bond donors (Lipinski definition) is 0. The van der Waals surface area contributed by atoms with Crippen LogP contribution in [0, 0.1) is 0 Å². The zero-order chi connectivity index (χ0) is 88.8. The molecule has 0 amide bonds. The number of nitrogens with zero attached hydrogens (tertiary/aromatic N) is 8. The van der Waals surface area contributed by atoms with Gasteiger partial charge in [0.25, 0.3) is 0 Å². The Balaban J connectivity index is 0.0000000984. The summed E-state index contributed by atoms with van der Waals surface area (Å²) in [6, 6.07) is 155. The molecule has 27 rings (SSSR count). The van der Waals surface area contributed by atoms with Gasteiger partial charge in [-0.3, -0.25) is 4.98 Å². The molecule has 0 aliphatic heterocycles. The summed E-state index contributed by atoms with van der Waals surface area (Å²) in [7, 11) is 0. The monoisotopic (exact) mass is 1720 g/mol. The molecule has 18 aromatic carbocycles. The largest absolute Gasteiger partial charge is 0.456 e. The van der Waals surface area contributed by atoms with Crippen molar-refractivity contribution in [3.05, 3.63) is 461 Å². The van der Waals surface area contributed by atoms with Crippen LogP contribution in [0.3, 0.4) is 0 Å². The minimum Gasteiger partial charge on any atom is -0.456 e. The third kappa shape index (κ3) is 14.8. The second kappa shape index (κ2) is 34.4. The molecule has 134 heavy (non-hydrogen) atoms. The Hall–Kier alpha value is -18.3. The van der Waals surface area contributed by atoms with Gasteiger partial charge in [0.1, 0.15) is 44.7 Å². The molecule has 0 atom stereocenters. The van der Waals surface area contributed by atoms with Crippen molar-refractivity contribution in [2.24, 2.45) is 0 Å². The lowest BCUT2D eigenvalue weighted by molar-refractivity contribution is 0.669. The lowest BCUT2D eigenvalue weighted by Crippen LogP contribution is -1.97. The third-order valence-corrected chi connectivity index (χ3v) is 24.8. The van der Waals surface area contributed by atoms with E-state index in [1.54, 1.807) is 0 Å². The predicted molar refractivity (Wildman–Crippen MR) is 547 cm³/mol. The number of hydrogen-bond acceptors (Lipinski definition) is 12. The molecule has 628 valence electrons. The van der Waals surface area contributed by atoms with E-state index in [1.165, 1.54) is 0 Å². The number of rotatable bonds is 11. The molecule has 0 spiro atoms. The van der Waals surface area contributed by atoms with Crippen LogP contribution in [-0.2, 0) is 0 Å². The fourth-order valence-electron chi connectivity index (χ4n) is 18.5. The van der Waals surface area contributed by atoms with Crippen LogP contribution in [0.2, 0.25) is 0 Å². The summed E-state index contributed by atoms with van der Waals surface area (Å²) >= 11 is 0. The molecule has 0 aliphatic carbocycles. The Morgan fingerprint density at radius 2 is 0.537 bits per heavy atom. The highest BCUT2D eigenvalue weighted by Gasteiger charge is 2.24. The number of fused-ring (bicyclic) bond motifs is 16. The molecule has 0 aliphatic rings. The molecule has 12 heteroatoms. The molecule has 0 N–H and O–H groups in total. The van der Waals surface area contributed by atoms with Crippen molar-refractivity contribution in [2.75, 3.05) is 0 Å². The predicted octanol–water partition coefficient (Wildman–Crippen LogP) is 32.5. The average Bonchev–Trinajstić information content (AvgIpc) is 1.23. The molecule has 27 aromatic rings. The summed E-state index contributed by atoms with van der Waals surface area (Å²) in [6.45, 7) is 0. The van der Waals surface area contributed by atoms with Crippen molar-refractivity contribution in [1.82, 2.24) is 39.9 Å². The summed E-state index contributed by atoms with van der Waals surface area (Å²) < 4.78 is 25.0. The van der Waals surface area contributed by atoms with Crippen molar-refractivity contribution >= 4 is 132 Å². The van der Waals surface area contributed by atoms with E-state index < -0.39 is 0 Å². The van der Waals surface area contributed by atoms with Crippen molar-refractivity contribution in [3.63, 3.8) is 0 Å². The first-order chi connectivity index (χ1) is 66.4. The van der Waals surface area contributed by atoms with Crippen LogP contribution in [-0.4, -0.2) is 39.9 Å². The summed E-state index contributed by atoms with van der Waals surface area (Å²) in [5.74, 6) is 0.729. The third-order valence-electron chi connectivity index (χ3n) is 24.8. The van der Waals surface area contributed by atoms with E-state index in [-0.39, 0.29) is 0 Å². The first kappa shape index (κ1) is 79.2. The maximum absolute atomic E-state index is 6.35. The number of benzene rings is 18. The average molecular weight is 1720 g/mol. The SMILES string of the molecule is c1ccc(-c2nc(-c3cccc4c3oc3ccccc34)cc3ncccc23)cc1.c1ccc(-c2nc(-c3ccccc3)c3cc(-c4cccc5oc6ccccc6c45)ccc3n2)cc1.c1ccc(-c2nc3ccc(-c4cccc5c4oc4ccccc45)cc3nc2-c2ccccc2)cc1.c1ccc(-c2nc3cccc(-c4cccc5c4oc4ccccc45)c3nc2-c2ccccc2)cc1. The van der Waals surface area contributed by atoms with Crippen molar-refractivity contribution in [2.45, 2.75) is 0 Å². The van der Waals surface area contributed by atoms with E-state index in [0.717, 1.165) is 255 Å². The van der Waals surface area contributed by atoms with Gasteiger partial charge in [0, 0.05) is 121 Å². The Bertz CT molecular complexity index is 9080. The van der Waals surface area contributed by atoms with Crippen LogP contribution in [0.5, 0.6) is 0 Å². The molecule has 12 nitrogen and oxygen atoms in total. The number of aromatic nitrogens is 8. The van der Waals surface area contributed by atoms with Gasteiger partial charge in [0.15, 0.2) is 5.82 Å². The second-order valence-electron chi connectivity index (χ2n) is 33.0. The quantitative estimate of drug-likeness (QED) is 0.121. The van der Waals surface area contributed by atoms with Gasteiger partial charge in [-0.25, -0.2) is 34.9 Å². The van der Waals surface area contributed by atoms with Gasteiger partial charge in [0.2, 0.25) is 0 Å². The van der Waals surface area contributed by atoms with Crippen LogP contribution >= 0.6 is 0 Å². The minimum absolute atomic E-state index is 0.729. The molecule has 0 bridgehead atoms. The van der Waals surface area contributed by atoms with Crippen molar-refractivity contribution < 1.29 is 17.7 Å². The van der Waals surface area contributed by atoms with Crippen molar-refractivity contribution in [3.8, 4) is 124 Å². The second-order valence-corrected chi connectivity index (χ2v) is 33.0. The minimum atomic E-state index is 0.729. The van der Waals surface area contributed by atoms with E-state index in [4.69, 9.17) is 52.6 Å². The van der Waals surface area contributed by atoms with Gasteiger partial charge in [-0.05, 0) is 102 Å². The zero-order valence-electron chi connectivity index (χ0n) is 72.1. The summed E-state index contributed by atoms with van der Waals surface area (Å²) in [5, 5.41) is 11.0. The zero-order valence-corrected chi connectivity index (χ0v) is 72.1. The van der Waals surface area contributed by atoms with E-state index in [0.29, 0.717) is 0 Å². The maximum Gasteiger partial charge on any atom is 0.160 e. The Morgan fingerprint density at radius 1 is 0.164 bits per heavy atom. The molecule has 0 radical (unpaired) electrons. The van der Waals surface area contributed by atoms with Crippen LogP contribution in [0.1, 0.15) is 0 Å². The first-order valence-electron chi connectivity index (χ1n) is 44.7. The van der Waals surface area contributed by atoms with Crippen molar-refractivity contribution in [1.29, 1.82) is 0 Å². The molecule has 9 aromatic heterocycles. The lowest BCUT2D eigenvalue weighted by atomic mass is 9.96. The Morgan fingerprint density at radius 3 is 1.08 bits per heavy atom. The molecule has 0 saturated heterocycles. The summed E-state index contributed by atoms with van der Waals surface area (Å²) in [4.78, 5) is 40.3. The Kier molecular flexibility index (Phi) is 20.3. The van der Waals surface area contributed by atoms with E-state index >= 15 is 0 Å². The van der Waals surface area contributed by atoms with Gasteiger partial charge in [-0.15, -0.1) is 0 Å². The highest BCUT2D eigenvalue weighted by molar-refractivity contribution is 6.16. The number of para-hydroxylation sites is 8. The molecule has 0 unspecified atom stereocenters. The topological polar surface area (TPSA) is 156 Å². The van der Waals surface area contributed by atoms with Gasteiger partial charge in [-0.1, -0.05) is 370 Å². The number of pyridine rings is 2. The van der Waals surface area contributed by atoms with E-state index in [2.05, 4.69) is 236 Å². The van der Waals surface area contributed by atoms with Crippen LogP contribution in [0.15, 0.2) is 479 Å². The van der Waals surface area contributed by atoms with Gasteiger partial charge >= 0.3 is 0 Å². The van der Waals surface area contributed by atoms with Crippen LogP contribution < -0.4 is 0 Å². The molecular formula is C122H76N8O4. The summed E-state index contributed by atoms with van der Waals surface area (Å²) in [6.07, 6.45) is 1.82. The fraction of sp³-hybridized carbons (Fsp3) is 0. The van der Waals surface area contributed by atoms with E-state index in [1.807, 2.05) is 231 Å². The van der Waals surface area contributed by atoms with Crippen LogP contribution in [0.25, 0.3) is 255 Å². The molecular weight excluding hydrogens is 1640 g/mol. The standard InChI is InChI=1S/3C32H20N2O.C26H16N2O/c1-3-11-21(12-4-1)29-30(22-13-5-2-6-14-22)34-31-24(16-10-19-27(31)33-29)26-18-9-17-25-23-15-7-8-20-28(23)35-32(25)26;1-3-10-21(11-4-1)30-31(22-12-5-2-6-13-22)34-28-20-23(18-19-27(28)33-30)24-15-9-16-26-25-14-7-8-17-29(25)35-32(24)26;1-3-10-21(11-4-1)31-26-20-23(18-19-27(26)33-32(34-31)22-12-5-2-6-13-22)24-15-9-17-29-30(24)25-14-7-8-16-28(25)35-29;1-2-8-17(9-3-1)25-20-13-7-15-27-22(20)16-23(28-25)21-12-6-11-19-18-10-4-5-14-24(18)29-26(19)21/h3*1-20H;1-16H. The van der Waals surface area contributed by atoms with Crippen LogP contribution in [0.4, 0.5) is 0 Å². The fourth-order valence-corrected chi connectivity index (χ4v) is 18.5. The molecule has 0 saturated carbocycles. The number of furan rings is 4. The normalized spacial score (nSPS) is 11.4. The van der Waals surface area contributed by atoms with Gasteiger partial charge < -0.3 is 17.7 Å². The van der Waals surface area contributed by atoms with Gasteiger partial charge in [0.05, 0.1) is 73.0 Å². The van der Waals surface area contributed by atoms with E-state index in [9.17, 15) is 0 Å². The first-order valence-corrected chi connectivity index (χ1v) is 44.7. The Labute approximate surface area is 768 Å². The smallest absolute Gasteiger partial charge is 0.160 e. The maximum atomic E-state index is 6.35.